The molecule has 0 saturated carbocycles. The molecule has 0 aromatic heterocycles. The number of nitrogens with one attached hydrogen (secondary N) is 1. The quantitative estimate of drug-likeness (QED) is 0.597. The molecular formula is C16H26N2O3. The van der Waals surface area contributed by atoms with Crippen molar-refractivity contribution in [2.24, 2.45) is 5.92 Å². The average molecular weight is 294 g/mol. The van der Waals surface area contributed by atoms with Gasteiger partial charge in [-0.25, -0.2) is 4.79 Å². The van der Waals surface area contributed by atoms with Gasteiger partial charge in [-0.1, -0.05) is 13.8 Å². The van der Waals surface area contributed by atoms with Crippen molar-refractivity contribution in [3.63, 3.8) is 0 Å². The fourth-order valence-electron chi connectivity index (χ4n) is 2.02. The number of benzene rings is 1. The van der Waals surface area contributed by atoms with Crippen molar-refractivity contribution in [2.75, 3.05) is 31.4 Å². The Labute approximate surface area is 126 Å². The van der Waals surface area contributed by atoms with Crippen LogP contribution in [0.3, 0.4) is 0 Å². The van der Waals surface area contributed by atoms with Crippen LogP contribution in [0.1, 0.15) is 36.7 Å². The van der Waals surface area contributed by atoms with Gasteiger partial charge in [0.05, 0.1) is 25.3 Å². The highest BCUT2D eigenvalue weighted by atomic mass is 16.5. The monoisotopic (exact) mass is 294 g/mol. The summed E-state index contributed by atoms with van der Waals surface area (Å²) >= 11 is 0. The zero-order valence-corrected chi connectivity index (χ0v) is 13.5. The summed E-state index contributed by atoms with van der Waals surface area (Å²) in [5, 5.41) is 3.41. The fourth-order valence-corrected chi connectivity index (χ4v) is 2.02. The van der Waals surface area contributed by atoms with Gasteiger partial charge in [0.1, 0.15) is 0 Å². The number of hydrogen-bond acceptors (Lipinski definition) is 5. The molecule has 1 aromatic carbocycles. The second kappa shape index (κ2) is 7.88. The molecule has 1 aromatic rings. The van der Waals surface area contributed by atoms with Crippen molar-refractivity contribution in [3.8, 4) is 0 Å². The smallest absolute Gasteiger partial charge is 0.340 e. The molecule has 5 heteroatoms. The third-order valence-electron chi connectivity index (χ3n) is 3.45. The van der Waals surface area contributed by atoms with Gasteiger partial charge < -0.3 is 20.5 Å². The highest BCUT2D eigenvalue weighted by molar-refractivity contribution is 5.97. The summed E-state index contributed by atoms with van der Waals surface area (Å²) in [6.07, 6.45) is 0. The predicted molar refractivity (Wildman–Crippen MR) is 85.7 cm³/mol. The Hall–Kier alpha value is -1.75. The number of carbonyl (C=O) groups excluding carboxylic acids is 1. The summed E-state index contributed by atoms with van der Waals surface area (Å²) in [5.74, 6) is -0.0267. The zero-order chi connectivity index (χ0) is 16.0. The molecule has 1 rings (SSSR count). The minimum Gasteiger partial charge on any atom is -0.465 e. The number of nitrogens with two attached hydrogens (primary N) is 1. The van der Waals surface area contributed by atoms with E-state index in [4.69, 9.17) is 15.2 Å². The molecule has 3 N–H and O–H groups in total. The van der Waals surface area contributed by atoms with Crippen LogP contribution in [0, 0.1) is 12.8 Å². The molecule has 0 aliphatic carbocycles. The van der Waals surface area contributed by atoms with E-state index in [0.29, 0.717) is 30.4 Å². The number of rotatable bonds is 7. The first-order valence-corrected chi connectivity index (χ1v) is 7.23. The van der Waals surface area contributed by atoms with Crippen LogP contribution in [-0.2, 0) is 9.47 Å². The molecule has 0 spiro atoms. The van der Waals surface area contributed by atoms with Gasteiger partial charge in [-0.3, -0.25) is 0 Å². The van der Waals surface area contributed by atoms with Crippen molar-refractivity contribution in [1.82, 2.24) is 0 Å². The molecule has 118 valence electrons. The number of nitrogen functional groups attached to an aromatic ring is 1. The maximum Gasteiger partial charge on any atom is 0.340 e. The number of hydrogen-bond donors (Lipinski definition) is 2. The Morgan fingerprint density at radius 2 is 2.05 bits per heavy atom. The lowest BCUT2D eigenvalue weighted by Gasteiger charge is -2.24. The summed E-state index contributed by atoms with van der Waals surface area (Å²) < 4.78 is 10.3. The number of aryl methyl sites for hydroxylation is 1. The second-order valence-electron chi connectivity index (χ2n) is 5.40. The molecule has 0 radical (unpaired) electrons. The highest BCUT2D eigenvalue weighted by Crippen LogP contribution is 2.25. The van der Waals surface area contributed by atoms with Gasteiger partial charge in [-0.2, -0.15) is 0 Å². The Kier molecular flexibility index (Phi) is 6.49. The van der Waals surface area contributed by atoms with Gasteiger partial charge >= 0.3 is 5.97 Å². The lowest BCUT2D eigenvalue weighted by Crippen LogP contribution is -2.31. The standard InChI is InChI=1S/C16H26N2O3/c1-6-21-9-14(10(2)3)18-12-7-11(4)15(17)13(8-12)16(19)20-5/h7-8,10,14,18H,6,9,17H2,1-5H3. The molecule has 0 aliphatic heterocycles. The fraction of sp³-hybridized carbons (Fsp3) is 0.562. The SMILES string of the molecule is CCOCC(Nc1cc(C)c(N)c(C(=O)OC)c1)C(C)C. The number of carbonyl (C=O) groups is 1. The van der Waals surface area contributed by atoms with E-state index in [-0.39, 0.29) is 6.04 Å². The normalized spacial score (nSPS) is 12.3. The highest BCUT2D eigenvalue weighted by Gasteiger charge is 2.17. The van der Waals surface area contributed by atoms with Crippen molar-refractivity contribution in [2.45, 2.75) is 33.7 Å². The van der Waals surface area contributed by atoms with Crippen LogP contribution in [0.15, 0.2) is 12.1 Å². The van der Waals surface area contributed by atoms with Crippen LogP contribution >= 0.6 is 0 Å². The molecule has 21 heavy (non-hydrogen) atoms. The largest absolute Gasteiger partial charge is 0.465 e. The van der Waals surface area contributed by atoms with E-state index >= 15 is 0 Å². The number of anilines is 2. The van der Waals surface area contributed by atoms with Crippen LogP contribution in [0.2, 0.25) is 0 Å². The molecule has 0 fully saturated rings. The van der Waals surface area contributed by atoms with Crippen LogP contribution < -0.4 is 11.1 Å². The van der Waals surface area contributed by atoms with Gasteiger partial charge in [0.15, 0.2) is 0 Å². The van der Waals surface area contributed by atoms with Gasteiger partial charge in [0.25, 0.3) is 0 Å². The Morgan fingerprint density at radius 3 is 2.57 bits per heavy atom. The van der Waals surface area contributed by atoms with Gasteiger partial charge in [0.2, 0.25) is 0 Å². The van der Waals surface area contributed by atoms with Crippen molar-refractivity contribution >= 4 is 17.3 Å². The average Bonchev–Trinajstić information content (AvgIpc) is 2.45. The minimum atomic E-state index is -0.426. The van der Waals surface area contributed by atoms with Gasteiger partial charge in [-0.15, -0.1) is 0 Å². The van der Waals surface area contributed by atoms with Crippen LogP contribution in [0.4, 0.5) is 11.4 Å². The summed E-state index contributed by atoms with van der Waals surface area (Å²) in [6, 6.07) is 3.83. The van der Waals surface area contributed by atoms with E-state index in [2.05, 4.69) is 19.2 Å². The molecule has 5 nitrogen and oxygen atoms in total. The van der Waals surface area contributed by atoms with Crippen LogP contribution in [-0.4, -0.2) is 32.3 Å². The number of ether oxygens (including phenoxy) is 2. The number of methoxy groups -OCH3 is 1. The minimum absolute atomic E-state index is 0.165. The lowest BCUT2D eigenvalue weighted by atomic mass is 10.0. The first-order chi connectivity index (χ1) is 9.90. The topological polar surface area (TPSA) is 73.6 Å². The molecule has 0 bridgehead atoms. The van der Waals surface area contributed by atoms with E-state index in [1.165, 1.54) is 7.11 Å². The molecule has 0 aliphatic rings. The zero-order valence-electron chi connectivity index (χ0n) is 13.5. The van der Waals surface area contributed by atoms with Crippen molar-refractivity contribution in [1.29, 1.82) is 0 Å². The van der Waals surface area contributed by atoms with Gasteiger partial charge in [-0.05, 0) is 37.5 Å². The van der Waals surface area contributed by atoms with E-state index in [9.17, 15) is 4.79 Å². The van der Waals surface area contributed by atoms with E-state index in [1.54, 1.807) is 6.07 Å². The van der Waals surface area contributed by atoms with Crippen molar-refractivity contribution < 1.29 is 14.3 Å². The van der Waals surface area contributed by atoms with Crippen LogP contribution in [0.25, 0.3) is 0 Å². The molecule has 1 atom stereocenters. The number of esters is 1. The predicted octanol–water partition coefficient (Wildman–Crippen LogP) is 2.84. The van der Waals surface area contributed by atoms with Gasteiger partial charge in [0, 0.05) is 18.0 Å². The van der Waals surface area contributed by atoms with E-state index < -0.39 is 5.97 Å². The Balaban J connectivity index is 3.01. The third kappa shape index (κ3) is 4.63. The molecule has 1 unspecified atom stereocenters. The Bertz CT molecular complexity index is 487. The maximum atomic E-state index is 11.8. The van der Waals surface area contributed by atoms with Crippen molar-refractivity contribution in [3.05, 3.63) is 23.3 Å². The first-order valence-electron chi connectivity index (χ1n) is 7.23. The molecule has 0 saturated heterocycles. The Morgan fingerprint density at radius 1 is 1.38 bits per heavy atom. The van der Waals surface area contributed by atoms with Crippen LogP contribution in [0.5, 0.6) is 0 Å². The summed E-state index contributed by atoms with van der Waals surface area (Å²) in [5.41, 5.74) is 8.48. The maximum absolute atomic E-state index is 11.8. The summed E-state index contributed by atoms with van der Waals surface area (Å²) in [6.45, 7) is 9.40. The summed E-state index contributed by atoms with van der Waals surface area (Å²) in [4.78, 5) is 11.8. The van der Waals surface area contributed by atoms with E-state index in [1.807, 2.05) is 19.9 Å². The van der Waals surface area contributed by atoms with E-state index in [0.717, 1.165) is 11.3 Å². The molecule has 0 amide bonds. The molecular weight excluding hydrogens is 268 g/mol. The summed E-state index contributed by atoms with van der Waals surface area (Å²) in [7, 11) is 1.35. The lowest BCUT2D eigenvalue weighted by molar-refractivity contribution is 0.0602. The third-order valence-corrected chi connectivity index (χ3v) is 3.45. The second-order valence-corrected chi connectivity index (χ2v) is 5.40. The first kappa shape index (κ1) is 17.3. The molecule has 0 heterocycles.